The number of carbonyl (C=O) groups excluding carboxylic acids is 1. The summed E-state index contributed by atoms with van der Waals surface area (Å²) in [5.74, 6) is 0.274. The largest absolute Gasteiger partial charge is 0.312 e. The van der Waals surface area contributed by atoms with Crippen molar-refractivity contribution in [2.45, 2.75) is 25.3 Å². The molecule has 74 valence electrons. The number of nitrogens with zero attached hydrogens (tertiary/aromatic N) is 2. The molecule has 0 aromatic carbocycles. The van der Waals surface area contributed by atoms with E-state index in [-0.39, 0.29) is 5.91 Å². The van der Waals surface area contributed by atoms with Crippen molar-refractivity contribution in [1.29, 1.82) is 0 Å². The molecule has 1 amide bonds. The van der Waals surface area contributed by atoms with Crippen LogP contribution < -0.4 is 5.32 Å². The van der Waals surface area contributed by atoms with Crippen LogP contribution in [0.15, 0.2) is 0 Å². The van der Waals surface area contributed by atoms with Crippen LogP contribution in [0.2, 0.25) is 0 Å². The average Bonchev–Trinajstić information content (AvgIpc) is 2.70. The Morgan fingerprint density at radius 2 is 2.46 bits per heavy atom. The monoisotopic (exact) mass is 183 g/mol. The second kappa shape index (κ2) is 3.64. The molecule has 13 heavy (non-hydrogen) atoms. The topological polar surface area (TPSA) is 35.6 Å². The molecule has 2 fully saturated rings. The standard InChI is InChI=1S/C9H17N3O/c1-11-6-4-9(13)12(11)7-8-3-2-5-10-8/h8,10H,2-7H2,1H3. The van der Waals surface area contributed by atoms with E-state index in [2.05, 4.69) is 5.32 Å². The maximum atomic E-state index is 11.4. The molecule has 2 aliphatic heterocycles. The van der Waals surface area contributed by atoms with Gasteiger partial charge in [0, 0.05) is 26.1 Å². The molecule has 4 nitrogen and oxygen atoms in total. The third-order valence-electron chi connectivity index (χ3n) is 2.90. The Bertz CT molecular complexity index is 201. The quantitative estimate of drug-likeness (QED) is 0.645. The lowest BCUT2D eigenvalue weighted by Gasteiger charge is -2.26. The molecule has 1 unspecified atom stereocenters. The van der Waals surface area contributed by atoms with Gasteiger partial charge < -0.3 is 5.32 Å². The molecule has 2 heterocycles. The summed E-state index contributed by atoms with van der Waals surface area (Å²) in [7, 11) is 1.99. The first-order valence-electron chi connectivity index (χ1n) is 5.02. The van der Waals surface area contributed by atoms with Crippen molar-refractivity contribution in [3.8, 4) is 0 Å². The molecule has 1 N–H and O–H groups in total. The predicted molar refractivity (Wildman–Crippen MR) is 50.0 cm³/mol. The van der Waals surface area contributed by atoms with Gasteiger partial charge in [-0.25, -0.2) is 5.01 Å². The lowest BCUT2D eigenvalue weighted by molar-refractivity contribution is -0.136. The third kappa shape index (κ3) is 1.84. The Labute approximate surface area is 78.8 Å². The first kappa shape index (κ1) is 8.97. The Morgan fingerprint density at radius 3 is 3.00 bits per heavy atom. The average molecular weight is 183 g/mol. The Kier molecular flexibility index (Phi) is 2.51. The molecule has 1 atom stereocenters. The van der Waals surface area contributed by atoms with E-state index in [0.717, 1.165) is 19.6 Å². The summed E-state index contributed by atoms with van der Waals surface area (Å²) in [5, 5.41) is 7.31. The van der Waals surface area contributed by atoms with Crippen molar-refractivity contribution in [3.63, 3.8) is 0 Å². The molecule has 0 aromatic heterocycles. The van der Waals surface area contributed by atoms with Crippen molar-refractivity contribution >= 4 is 5.91 Å². The van der Waals surface area contributed by atoms with Crippen molar-refractivity contribution in [2.75, 3.05) is 26.7 Å². The number of rotatable bonds is 2. The molecule has 0 bridgehead atoms. The second-order valence-electron chi connectivity index (χ2n) is 3.90. The second-order valence-corrected chi connectivity index (χ2v) is 3.90. The normalized spacial score (nSPS) is 30.4. The van der Waals surface area contributed by atoms with Gasteiger partial charge >= 0.3 is 0 Å². The summed E-state index contributed by atoms with van der Waals surface area (Å²) in [6, 6.07) is 0.518. The molecule has 0 spiro atoms. The van der Waals surface area contributed by atoms with Crippen LogP contribution in [0, 0.1) is 0 Å². The maximum absolute atomic E-state index is 11.4. The van der Waals surface area contributed by atoms with Crippen LogP contribution >= 0.6 is 0 Å². The molecule has 2 rings (SSSR count). The Hall–Kier alpha value is -0.610. The molecular formula is C9H17N3O. The van der Waals surface area contributed by atoms with Gasteiger partial charge in [-0.15, -0.1) is 0 Å². The van der Waals surface area contributed by atoms with Crippen LogP contribution in [-0.2, 0) is 4.79 Å². The van der Waals surface area contributed by atoms with Gasteiger partial charge in [0.2, 0.25) is 5.91 Å². The predicted octanol–water partition coefficient (Wildman–Crippen LogP) is -0.182. The van der Waals surface area contributed by atoms with Crippen LogP contribution in [0.3, 0.4) is 0 Å². The molecule has 4 heteroatoms. The van der Waals surface area contributed by atoms with Gasteiger partial charge in [0.05, 0.1) is 6.54 Å². The van der Waals surface area contributed by atoms with Crippen molar-refractivity contribution in [2.24, 2.45) is 0 Å². The SMILES string of the molecule is CN1CCC(=O)N1CC1CCCN1. The fourth-order valence-corrected chi connectivity index (χ4v) is 2.06. The molecule has 2 aliphatic rings. The molecular weight excluding hydrogens is 166 g/mol. The fraction of sp³-hybridized carbons (Fsp3) is 0.889. The van der Waals surface area contributed by atoms with E-state index in [0.29, 0.717) is 12.5 Å². The number of hydrazine groups is 1. The number of hydrogen-bond donors (Lipinski definition) is 1. The van der Waals surface area contributed by atoms with Crippen molar-refractivity contribution in [1.82, 2.24) is 15.3 Å². The van der Waals surface area contributed by atoms with Gasteiger partial charge in [0.15, 0.2) is 0 Å². The highest BCUT2D eigenvalue weighted by molar-refractivity contribution is 5.77. The van der Waals surface area contributed by atoms with Gasteiger partial charge in [0.1, 0.15) is 0 Å². The number of hydrogen-bond acceptors (Lipinski definition) is 3. The van der Waals surface area contributed by atoms with E-state index in [1.165, 1.54) is 12.8 Å². The van der Waals surface area contributed by atoms with Gasteiger partial charge in [-0.1, -0.05) is 0 Å². The highest BCUT2D eigenvalue weighted by Gasteiger charge is 2.28. The molecule has 0 aromatic rings. The summed E-state index contributed by atoms with van der Waals surface area (Å²) in [4.78, 5) is 11.4. The first-order valence-corrected chi connectivity index (χ1v) is 5.02. The van der Waals surface area contributed by atoms with Gasteiger partial charge in [-0.3, -0.25) is 9.80 Å². The zero-order valence-corrected chi connectivity index (χ0v) is 8.12. The van der Waals surface area contributed by atoms with Crippen LogP contribution in [0.4, 0.5) is 0 Å². The Balaban J connectivity index is 1.88. The van der Waals surface area contributed by atoms with E-state index < -0.39 is 0 Å². The molecule has 2 saturated heterocycles. The van der Waals surface area contributed by atoms with Crippen LogP contribution in [0.5, 0.6) is 0 Å². The van der Waals surface area contributed by atoms with Crippen LogP contribution in [0.1, 0.15) is 19.3 Å². The highest BCUT2D eigenvalue weighted by Crippen LogP contribution is 2.13. The lowest BCUT2D eigenvalue weighted by atomic mass is 10.2. The third-order valence-corrected chi connectivity index (χ3v) is 2.90. The Morgan fingerprint density at radius 1 is 1.62 bits per heavy atom. The summed E-state index contributed by atoms with van der Waals surface area (Å²) in [5.41, 5.74) is 0. The minimum Gasteiger partial charge on any atom is -0.312 e. The van der Waals surface area contributed by atoms with Crippen LogP contribution in [-0.4, -0.2) is 48.6 Å². The van der Waals surface area contributed by atoms with E-state index in [1.807, 2.05) is 17.1 Å². The van der Waals surface area contributed by atoms with Gasteiger partial charge in [-0.2, -0.15) is 0 Å². The zero-order valence-electron chi connectivity index (χ0n) is 8.12. The van der Waals surface area contributed by atoms with E-state index in [4.69, 9.17) is 0 Å². The van der Waals surface area contributed by atoms with E-state index >= 15 is 0 Å². The van der Waals surface area contributed by atoms with Crippen molar-refractivity contribution < 1.29 is 4.79 Å². The minimum absolute atomic E-state index is 0.274. The lowest BCUT2D eigenvalue weighted by Crippen LogP contribution is -2.44. The van der Waals surface area contributed by atoms with Gasteiger partial charge in [0.25, 0.3) is 0 Å². The fourth-order valence-electron chi connectivity index (χ4n) is 2.06. The summed E-state index contributed by atoms with van der Waals surface area (Å²) in [6.45, 7) is 2.84. The number of amides is 1. The molecule has 0 radical (unpaired) electrons. The number of carbonyl (C=O) groups is 1. The van der Waals surface area contributed by atoms with Crippen LogP contribution in [0.25, 0.3) is 0 Å². The smallest absolute Gasteiger partial charge is 0.238 e. The van der Waals surface area contributed by atoms with E-state index in [1.54, 1.807) is 0 Å². The summed E-state index contributed by atoms with van der Waals surface area (Å²) >= 11 is 0. The summed E-state index contributed by atoms with van der Waals surface area (Å²) < 4.78 is 0. The van der Waals surface area contributed by atoms with Gasteiger partial charge in [-0.05, 0) is 19.4 Å². The number of nitrogens with one attached hydrogen (secondary N) is 1. The molecule has 0 saturated carbocycles. The maximum Gasteiger partial charge on any atom is 0.238 e. The highest BCUT2D eigenvalue weighted by atomic mass is 16.2. The zero-order chi connectivity index (χ0) is 9.26. The first-order chi connectivity index (χ1) is 6.27. The minimum atomic E-state index is 0.274. The molecule has 0 aliphatic carbocycles. The summed E-state index contributed by atoms with van der Waals surface area (Å²) in [6.07, 6.45) is 3.14. The van der Waals surface area contributed by atoms with Crippen molar-refractivity contribution in [3.05, 3.63) is 0 Å². The van der Waals surface area contributed by atoms with E-state index in [9.17, 15) is 4.79 Å².